The molecule has 4 aliphatic carbocycles. The molecular weight excluding hydrogens is 956 g/mol. The van der Waals surface area contributed by atoms with Gasteiger partial charge in [-0.05, 0) is 181 Å². The van der Waals surface area contributed by atoms with E-state index >= 15 is 0 Å². The molecule has 4 aromatic carbocycles. The number of carbonyl (C=O) groups is 4. The number of benzene rings is 4. The maximum absolute atomic E-state index is 14.0. The Bertz CT molecular complexity index is 2520. The van der Waals surface area contributed by atoms with Crippen LogP contribution < -0.4 is 9.47 Å². The Hall–Kier alpha value is -4.92. The van der Waals surface area contributed by atoms with Crippen molar-refractivity contribution >= 4 is 52.7 Å². The van der Waals surface area contributed by atoms with E-state index in [2.05, 4.69) is 40.7 Å². The van der Waals surface area contributed by atoms with Gasteiger partial charge in [0, 0.05) is 13.8 Å². The van der Waals surface area contributed by atoms with Gasteiger partial charge in [-0.3, -0.25) is 9.59 Å². The zero-order chi connectivity index (χ0) is 52.0. The van der Waals surface area contributed by atoms with Gasteiger partial charge in [0.25, 0.3) is 0 Å². The third-order valence-electron chi connectivity index (χ3n) is 18.0. The highest BCUT2D eigenvalue weighted by molar-refractivity contribution is 6.33. The average molecular weight is 1030 g/mol. The molecule has 10 heteroatoms. The van der Waals surface area contributed by atoms with Crippen molar-refractivity contribution in [2.24, 2.45) is 58.2 Å². The molecule has 0 spiro atoms. The summed E-state index contributed by atoms with van der Waals surface area (Å²) in [5.74, 6) is 3.14. The van der Waals surface area contributed by atoms with Crippen molar-refractivity contribution in [2.75, 3.05) is 0 Å². The first-order valence-corrected chi connectivity index (χ1v) is 27.9. The molecule has 0 saturated heterocycles. The number of allylic oxidation sites excluding steroid dienone is 1. The highest BCUT2D eigenvalue weighted by Gasteiger charge is 2.60. The summed E-state index contributed by atoms with van der Waals surface area (Å²) in [6.45, 7) is 15.1. The van der Waals surface area contributed by atoms with Crippen molar-refractivity contribution in [1.82, 2.24) is 0 Å². The van der Waals surface area contributed by atoms with E-state index in [1.165, 1.54) is 90.9 Å². The van der Waals surface area contributed by atoms with Crippen LogP contribution in [-0.2, 0) is 32.3 Å². The van der Waals surface area contributed by atoms with Crippen LogP contribution in [0.5, 0.6) is 11.5 Å². The fraction of sp³-hybridized carbons (Fsp3) is 0.524. The van der Waals surface area contributed by atoms with Gasteiger partial charge in [-0.15, -0.1) is 0 Å². The fourth-order valence-electron chi connectivity index (χ4n) is 14.4. The number of carbonyl (C=O) groups excluding carboxylic acids is 4. The first-order chi connectivity index (χ1) is 34.9. The van der Waals surface area contributed by atoms with Gasteiger partial charge in [0.15, 0.2) is 11.5 Å². The van der Waals surface area contributed by atoms with Crippen molar-refractivity contribution in [3.8, 4) is 11.5 Å². The molecule has 0 bridgehead atoms. The highest BCUT2D eigenvalue weighted by atomic mass is 35.5. The number of hydrogen-bond acceptors (Lipinski definition) is 8. The van der Waals surface area contributed by atoms with Crippen LogP contribution in [0.15, 0.2) is 91.0 Å². The van der Waals surface area contributed by atoms with E-state index in [1.807, 2.05) is 60.7 Å². The molecule has 1 unspecified atom stereocenters. The van der Waals surface area contributed by atoms with Crippen LogP contribution in [-0.4, -0.2) is 23.9 Å². The summed E-state index contributed by atoms with van der Waals surface area (Å²) in [5.41, 5.74) is 3.94. The molecule has 4 aliphatic rings. The lowest BCUT2D eigenvalue weighted by molar-refractivity contribution is -0.132. The Labute approximate surface area is 444 Å². The molecule has 73 heavy (non-hydrogen) atoms. The van der Waals surface area contributed by atoms with Crippen molar-refractivity contribution in [3.05, 3.63) is 134 Å². The smallest absolute Gasteiger partial charge is 0.342 e. The topological polar surface area (TPSA) is 105 Å². The molecule has 0 radical (unpaired) electrons. The maximum Gasteiger partial charge on any atom is 0.342 e. The molecule has 0 aromatic heterocycles. The lowest BCUT2D eigenvalue weighted by atomic mass is 9.44. The summed E-state index contributed by atoms with van der Waals surface area (Å²) in [6, 6.07) is 25.0. The SMILES string of the molecule is CC(=O)Oc1c(Cl)cc(C(=CCC[C@H]2CC[C@@]3(C)[C@@H](CC[C@@H]4[C@@H]3CC[C@]3(C)[C@@H](C(C)CCCC(C)C)CC[C@@H]43)C2)c2cc(Cl)c(OC(C)=O)c(C(=O)OCc3ccccc3)c2)cc1C(=O)OCc1ccccc1. The van der Waals surface area contributed by atoms with Gasteiger partial charge < -0.3 is 18.9 Å². The number of halogens is 2. The van der Waals surface area contributed by atoms with Gasteiger partial charge in [0.2, 0.25) is 0 Å². The molecule has 4 saturated carbocycles. The Morgan fingerprint density at radius 3 is 1.73 bits per heavy atom. The molecule has 4 fully saturated rings. The van der Waals surface area contributed by atoms with Gasteiger partial charge in [-0.25, -0.2) is 9.59 Å². The number of hydrogen-bond donors (Lipinski definition) is 0. The molecule has 0 heterocycles. The maximum atomic E-state index is 14.0. The lowest BCUT2D eigenvalue weighted by Crippen LogP contribution is -2.53. The molecule has 9 atom stereocenters. The van der Waals surface area contributed by atoms with E-state index in [-0.39, 0.29) is 45.9 Å². The predicted molar refractivity (Wildman–Crippen MR) is 290 cm³/mol. The zero-order valence-electron chi connectivity index (χ0n) is 44.1. The van der Waals surface area contributed by atoms with Gasteiger partial charge in [-0.2, -0.15) is 0 Å². The summed E-state index contributed by atoms with van der Waals surface area (Å²) < 4.78 is 22.7. The second kappa shape index (κ2) is 23.7. The highest BCUT2D eigenvalue weighted by Crippen LogP contribution is 2.69. The van der Waals surface area contributed by atoms with E-state index in [1.54, 1.807) is 24.3 Å². The predicted octanol–water partition coefficient (Wildman–Crippen LogP) is 16.5. The normalized spacial score (nSPS) is 25.6. The third kappa shape index (κ3) is 12.4. The van der Waals surface area contributed by atoms with E-state index in [9.17, 15) is 19.2 Å². The summed E-state index contributed by atoms with van der Waals surface area (Å²) in [4.78, 5) is 52.9. The van der Waals surface area contributed by atoms with Crippen molar-refractivity contribution < 1.29 is 38.1 Å². The summed E-state index contributed by atoms with van der Waals surface area (Å²) in [5, 5.41) is 0.0368. The quantitative estimate of drug-likeness (QED) is 0.0717. The number of esters is 4. The fourth-order valence-corrected chi connectivity index (χ4v) is 14.9. The molecule has 4 aromatic rings. The number of fused-ring (bicyclic) bond motifs is 5. The van der Waals surface area contributed by atoms with E-state index in [0.717, 1.165) is 53.1 Å². The second-order valence-electron chi connectivity index (χ2n) is 23.0. The van der Waals surface area contributed by atoms with Crippen LogP contribution in [0.25, 0.3) is 5.57 Å². The first kappa shape index (κ1) is 54.3. The first-order valence-electron chi connectivity index (χ1n) is 27.1. The lowest BCUT2D eigenvalue weighted by Gasteiger charge is -2.61. The van der Waals surface area contributed by atoms with Crippen LogP contribution in [0.3, 0.4) is 0 Å². The third-order valence-corrected chi connectivity index (χ3v) is 18.5. The van der Waals surface area contributed by atoms with E-state index in [0.29, 0.717) is 45.8 Å². The Kier molecular flexibility index (Phi) is 17.7. The van der Waals surface area contributed by atoms with Crippen LogP contribution in [0.1, 0.15) is 181 Å². The Morgan fingerprint density at radius 2 is 1.19 bits per heavy atom. The van der Waals surface area contributed by atoms with Gasteiger partial charge >= 0.3 is 23.9 Å². The largest absolute Gasteiger partial charge is 0.457 e. The van der Waals surface area contributed by atoms with Crippen molar-refractivity contribution in [2.45, 2.75) is 152 Å². The molecule has 0 amide bonds. The molecule has 0 N–H and O–H groups in total. The number of rotatable bonds is 18. The standard InChI is InChI=1S/C63H76Cl2O8/c1-39(2)16-14-17-40(3)53-26-27-54-50-25-24-48-32-43(28-30-62(48,6)55(50)29-31-63(53,54)7)22-15-23-49(46-33-51(58(56(64)35-46)72-41(4)66)60(68)70-37-44-18-10-8-11-19-44)47-34-52(59(57(65)36-47)73-42(5)67)61(69)71-38-45-20-12-9-13-21-45/h8-13,18-21,23,33-36,39-40,43,48,50,53-55H,14-17,22,24-32,37-38H2,1-7H3/t40?,43-,48-,50-,53+,54-,55-,62-,63+/m0/s1. The molecular formula is C63H76Cl2O8. The summed E-state index contributed by atoms with van der Waals surface area (Å²) >= 11 is 13.9. The monoisotopic (exact) mass is 1030 g/mol. The van der Waals surface area contributed by atoms with E-state index < -0.39 is 23.9 Å². The molecule has 8 rings (SSSR count). The van der Waals surface area contributed by atoms with Crippen molar-refractivity contribution in [1.29, 1.82) is 0 Å². The van der Waals surface area contributed by atoms with E-state index in [4.69, 9.17) is 42.1 Å². The van der Waals surface area contributed by atoms with Gasteiger partial charge in [0.1, 0.15) is 24.3 Å². The molecule has 0 aliphatic heterocycles. The minimum atomic E-state index is -0.737. The van der Waals surface area contributed by atoms with Gasteiger partial charge in [-0.1, -0.05) is 144 Å². The second-order valence-corrected chi connectivity index (χ2v) is 23.8. The van der Waals surface area contributed by atoms with Crippen LogP contribution in [0, 0.1) is 58.2 Å². The average Bonchev–Trinajstić information content (AvgIpc) is 3.72. The summed E-state index contributed by atoms with van der Waals surface area (Å²) in [6.07, 6.45) is 19.7. The van der Waals surface area contributed by atoms with Crippen LogP contribution in [0.2, 0.25) is 10.0 Å². The summed E-state index contributed by atoms with van der Waals surface area (Å²) in [7, 11) is 0. The Balaban J connectivity index is 1.07. The zero-order valence-corrected chi connectivity index (χ0v) is 45.6. The molecule has 390 valence electrons. The van der Waals surface area contributed by atoms with Crippen molar-refractivity contribution in [3.63, 3.8) is 0 Å². The van der Waals surface area contributed by atoms with Crippen LogP contribution >= 0.6 is 23.2 Å². The minimum absolute atomic E-state index is 0.0184. The molecule has 8 nitrogen and oxygen atoms in total. The van der Waals surface area contributed by atoms with Gasteiger partial charge in [0.05, 0.1) is 10.0 Å². The number of ether oxygens (including phenoxy) is 4. The van der Waals surface area contributed by atoms with Crippen LogP contribution in [0.4, 0.5) is 0 Å². The Morgan fingerprint density at radius 1 is 0.658 bits per heavy atom. The minimum Gasteiger partial charge on any atom is -0.457 e.